The van der Waals surface area contributed by atoms with Crippen LogP contribution >= 0.6 is 0 Å². The van der Waals surface area contributed by atoms with Crippen LogP contribution in [0.3, 0.4) is 0 Å². The van der Waals surface area contributed by atoms with Crippen molar-refractivity contribution in [3.63, 3.8) is 0 Å². The van der Waals surface area contributed by atoms with E-state index in [1.807, 2.05) is 24.3 Å². The van der Waals surface area contributed by atoms with E-state index in [9.17, 15) is 9.59 Å². The first-order valence-electron chi connectivity index (χ1n) is 6.23. The molecule has 0 radical (unpaired) electrons. The van der Waals surface area contributed by atoms with E-state index in [-0.39, 0.29) is 11.9 Å². The summed E-state index contributed by atoms with van der Waals surface area (Å²) in [6.45, 7) is 2.24. The molecule has 100 valence electrons. The molecule has 1 amide bonds. The van der Waals surface area contributed by atoms with Gasteiger partial charge in [0.1, 0.15) is 5.84 Å². The highest BCUT2D eigenvalue weighted by molar-refractivity contribution is 6.12. The molecule has 1 N–H and O–H groups in total. The Labute approximate surface area is 111 Å². The van der Waals surface area contributed by atoms with Crippen LogP contribution in [0.5, 0.6) is 0 Å². The van der Waals surface area contributed by atoms with Crippen molar-refractivity contribution in [3.8, 4) is 0 Å². The van der Waals surface area contributed by atoms with E-state index in [4.69, 9.17) is 4.74 Å². The van der Waals surface area contributed by atoms with E-state index in [1.165, 1.54) is 6.92 Å². The molecule has 0 atom stereocenters. The Morgan fingerprint density at radius 2 is 2.21 bits per heavy atom. The lowest BCUT2D eigenvalue weighted by atomic mass is 10.00. The second kappa shape index (κ2) is 6.13. The predicted molar refractivity (Wildman–Crippen MR) is 70.9 cm³/mol. The number of carbonyl (C=O) groups is 2. The molecule has 0 bridgehead atoms. The van der Waals surface area contributed by atoms with Gasteiger partial charge in [-0.05, 0) is 5.56 Å². The number of esters is 1. The minimum absolute atomic E-state index is 0.0440. The molecular formula is C14H16N2O3. The molecule has 0 saturated heterocycles. The van der Waals surface area contributed by atoms with E-state index in [0.717, 1.165) is 11.1 Å². The van der Waals surface area contributed by atoms with Crippen molar-refractivity contribution >= 4 is 17.7 Å². The molecule has 0 saturated carbocycles. The zero-order valence-corrected chi connectivity index (χ0v) is 10.8. The smallest absolute Gasteiger partial charge is 0.302 e. The summed E-state index contributed by atoms with van der Waals surface area (Å²) >= 11 is 0. The van der Waals surface area contributed by atoms with Crippen LogP contribution in [-0.2, 0) is 20.7 Å². The average Bonchev–Trinajstić information content (AvgIpc) is 2.37. The number of aliphatic imine (C=N–C) groups is 1. The third-order valence-electron chi connectivity index (χ3n) is 2.76. The largest absolute Gasteiger partial charge is 0.466 e. The molecule has 5 nitrogen and oxygen atoms in total. The van der Waals surface area contributed by atoms with Crippen molar-refractivity contribution in [3.05, 3.63) is 35.4 Å². The molecule has 1 heterocycles. The number of hydrogen-bond acceptors (Lipinski definition) is 4. The third-order valence-corrected chi connectivity index (χ3v) is 2.76. The Morgan fingerprint density at radius 3 is 3.00 bits per heavy atom. The molecule has 0 unspecified atom stereocenters. The van der Waals surface area contributed by atoms with Crippen molar-refractivity contribution < 1.29 is 14.3 Å². The topological polar surface area (TPSA) is 67.8 Å². The lowest BCUT2D eigenvalue weighted by Gasteiger charge is -2.18. The maximum Gasteiger partial charge on any atom is 0.302 e. The van der Waals surface area contributed by atoms with Gasteiger partial charge >= 0.3 is 5.97 Å². The number of carbonyl (C=O) groups excluding carboxylic acids is 2. The molecule has 0 aromatic heterocycles. The third kappa shape index (κ3) is 3.64. The molecule has 0 spiro atoms. The number of amides is 1. The SMILES string of the molecule is CC(=O)OCCCN=C1NC(=O)Cc2ccccc21. The maximum atomic E-state index is 11.6. The van der Waals surface area contributed by atoms with Gasteiger partial charge in [0.05, 0.1) is 13.0 Å². The van der Waals surface area contributed by atoms with Crippen LogP contribution in [0, 0.1) is 0 Å². The number of nitrogens with one attached hydrogen (secondary N) is 1. The van der Waals surface area contributed by atoms with Gasteiger partial charge in [0.2, 0.25) is 5.91 Å². The predicted octanol–water partition coefficient (Wildman–Crippen LogP) is 1.06. The van der Waals surface area contributed by atoms with E-state index in [2.05, 4.69) is 10.3 Å². The molecule has 5 heteroatoms. The molecular weight excluding hydrogens is 244 g/mol. The Morgan fingerprint density at radius 1 is 1.42 bits per heavy atom. The number of hydrogen-bond donors (Lipinski definition) is 1. The fourth-order valence-electron chi connectivity index (χ4n) is 1.92. The van der Waals surface area contributed by atoms with Crippen molar-refractivity contribution in [2.75, 3.05) is 13.2 Å². The van der Waals surface area contributed by atoms with Gasteiger partial charge in [-0.15, -0.1) is 0 Å². The summed E-state index contributed by atoms with van der Waals surface area (Å²) in [4.78, 5) is 26.5. The first-order chi connectivity index (χ1) is 9.16. The standard InChI is InChI=1S/C14H16N2O3/c1-10(17)19-8-4-7-15-14-12-6-3-2-5-11(12)9-13(18)16-14/h2-3,5-6H,4,7-9H2,1H3,(H,15,16,18). The quantitative estimate of drug-likeness (QED) is 0.650. The first kappa shape index (κ1) is 13.3. The number of fused-ring (bicyclic) bond motifs is 1. The Hall–Kier alpha value is -2.17. The zero-order valence-electron chi connectivity index (χ0n) is 10.8. The van der Waals surface area contributed by atoms with E-state index in [1.54, 1.807) is 0 Å². The molecule has 0 fully saturated rings. The molecule has 0 aliphatic carbocycles. The van der Waals surface area contributed by atoms with Crippen molar-refractivity contribution in [2.45, 2.75) is 19.8 Å². The van der Waals surface area contributed by atoms with Gasteiger partial charge in [-0.25, -0.2) is 0 Å². The summed E-state index contributed by atoms with van der Waals surface area (Å²) in [7, 11) is 0. The van der Waals surface area contributed by atoms with Gasteiger partial charge in [0.15, 0.2) is 0 Å². The van der Waals surface area contributed by atoms with Gasteiger partial charge in [-0.3, -0.25) is 14.6 Å². The van der Waals surface area contributed by atoms with Crippen LogP contribution < -0.4 is 5.32 Å². The lowest BCUT2D eigenvalue weighted by Crippen LogP contribution is -2.38. The molecule has 1 aromatic rings. The highest BCUT2D eigenvalue weighted by atomic mass is 16.5. The molecule has 2 rings (SSSR count). The second-order valence-electron chi connectivity index (χ2n) is 4.31. The fraction of sp³-hybridized carbons (Fsp3) is 0.357. The van der Waals surface area contributed by atoms with Crippen LogP contribution in [0.2, 0.25) is 0 Å². The van der Waals surface area contributed by atoms with E-state index >= 15 is 0 Å². The number of benzene rings is 1. The number of nitrogens with zero attached hydrogens (tertiary/aromatic N) is 1. The number of rotatable bonds is 4. The maximum absolute atomic E-state index is 11.6. The summed E-state index contributed by atoms with van der Waals surface area (Å²) in [6, 6.07) is 7.71. The summed E-state index contributed by atoms with van der Waals surface area (Å²) in [5.74, 6) is 0.274. The van der Waals surface area contributed by atoms with E-state index < -0.39 is 0 Å². The Balaban J connectivity index is 2.00. The van der Waals surface area contributed by atoms with Crippen LogP contribution in [0.25, 0.3) is 0 Å². The van der Waals surface area contributed by atoms with Crippen LogP contribution in [0.4, 0.5) is 0 Å². The highest BCUT2D eigenvalue weighted by Crippen LogP contribution is 2.14. The lowest BCUT2D eigenvalue weighted by molar-refractivity contribution is -0.141. The Bertz CT molecular complexity index is 523. The summed E-state index contributed by atoms with van der Waals surface area (Å²) in [5.41, 5.74) is 1.96. The average molecular weight is 260 g/mol. The minimum atomic E-state index is -0.288. The van der Waals surface area contributed by atoms with Gasteiger partial charge in [-0.2, -0.15) is 0 Å². The Kier molecular flexibility index (Phi) is 4.28. The fourth-order valence-corrected chi connectivity index (χ4v) is 1.92. The van der Waals surface area contributed by atoms with Crippen molar-refractivity contribution in [2.24, 2.45) is 4.99 Å². The zero-order chi connectivity index (χ0) is 13.7. The normalized spacial score (nSPS) is 15.8. The monoisotopic (exact) mass is 260 g/mol. The summed E-state index contributed by atoms with van der Waals surface area (Å²) in [6.07, 6.45) is 1.03. The van der Waals surface area contributed by atoms with Crippen LogP contribution in [-0.4, -0.2) is 30.9 Å². The van der Waals surface area contributed by atoms with Gasteiger partial charge in [-0.1, -0.05) is 24.3 Å². The minimum Gasteiger partial charge on any atom is -0.466 e. The number of amidine groups is 1. The molecule has 1 aromatic carbocycles. The van der Waals surface area contributed by atoms with Gasteiger partial charge in [0.25, 0.3) is 0 Å². The highest BCUT2D eigenvalue weighted by Gasteiger charge is 2.19. The number of ether oxygens (including phenoxy) is 1. The first-order valence-corrected chi connectivity index (χ1v) is 6.23. The van der Waals surface area contributed by atoms with E-state index in [0.29, 0.717) is 31.8 Å². The van der Waals surface area contributed by atoms with Crippen LogP contribution in [0.1, 0.15) is 24.5 Å². The summed E-state index contributed by atoms with van der Waals surface area (Å²) in [5, 5.41) is 2.78. The molecule has 1 aliphatic rings. The van der Waals surface area contributed by atoms with Gasteiger partial charge < -0.3 is 10.1 Å². The van der Waals surface area contributed by atoms with Gasteiger partial charge in [0, 0.05) is 25.5 Å². The second-order valence-corrected chi connectivity index (χ2v) is 4.31. The molecule has 19 heavy (non-hydrogen) atoms. The van der Waals surface area contributed by atoms with Crippen LogP contribution in [0.15, 0.2) is 29.3 Å². The van der Waals surface area contributed by atoms with Crippen molar-refractivity contribution in [1.82, 2.24) is 5.32 Å². The summed E-state index contributed by atoms with van der Waals surface area (Å²) < 4.78 is 4.83. The molecule has 1 aliphatic heterocycles. The van der Waals surface area contributed by atoms with Crippen molar-refractivity contribution in [1.29, 1.82) is 0 Å².